The van der Waals surface area contributed by atoms with E-state index in [1.165, 1.54) is 18.3 Å². The molecule has 170 valence electrons. The molecule has 3 N–H and O–H groups in total. The summed E-state index contributed by atoms with van der Waals surface area (Å²) in [5, 5.41) is 15.4. The van der Waals surface area contributed by atoms with Gasteiger partial charge >= 0.3 is 0 Å². The molecule has 1 amide bonds. The first-order valence-corrected chi connectivity index (χ1v) is 10.4. The summed E-state index contributed by atoms with van der Waals surface area (Å²) in [6.07, 6.45) is 2.38. The number of benzene rings is 2. The zero-order chi connectivity index (χ0) is 23.2. The quantitative estimate of drug-likeness (QED) is 0.496. The first-order valence-electron chi connectivity index (χ1n) is 10.4. The molecule has 0 atom stereocenters. The molecule has 10 heteroatoms. The Kier molecular flexibility index (Phi) is 6.75. The van der Waals surface area contributed by atoms with Gasteiger partial charge in [0, 0.05) is 43.6 Å². The minimum absolute atomic E-state index is 0.0370. The van der Waals surface area contributed by atoms with E-state index in [9.17, 15) is 14.3 Å². The van der Waals surface area contributed by atoms with E-state index in [4.69, 9.17) is 0 Å². The van der Waals surface area contributed by atoms with Gasteiger partial charge in [-0.15, -0.1) is 0 Å². The molecule has 2 heterocycles. The number of piperazine rings is 1. The lowest BCUT2D eigenvalue weighted by molar-refractivity contribution is -0.125. The van der Waals surface area contributed by atoms with E-state index in [-0.39, 0.29) is 23.4 Å². The molecule has 0 spiro atoms. The predicted molar refractivity (Wildman–Crippen MR) is 125 cm³/mol. The molecule has 0 aliphatic carbocycles. The normalized spacial score (nSPS) is 14.4. The van der Waals surface area contributed by atoms with Crippen LogP contribution in [0.4, 0.5) is 33.2 Å². The van der Waals surface area contributed by atoms with E-state index in [2.05, 4.69) is 30.5 Å². The Bertz CT molecular complexity index is 1160. The standard InChI is InChI=1S/C23H24FN7O2/c1-30-8-10-31(11-9-30)21(33)15-25-16-4-2-5-17(12-16)28-23-26-14-20(24)22(29-23)27-18-6-3-7-19(32)13-18/h2-7,12-15,32H,8-11H2,1H3,(H2,26,27,28,29). The van der Waals surface area contributed by atoms with E-state index < -0.39 is 5.82 Å². The lowest BCUT2D eigenvalue weighted by Gasteiger charge is -2.31. The van der Waals surface area contributed by atoms with Crippen molar-refractivity contribution in [2.24, 2.45) is 4.99 Å². The van der Waals surface area contributed by atoms with Gasteiger partial charge in [-0.2, -0.15) is 4.98 Å². The number of hydrogen-bond donors (Lipinski definition) is 3. The van der Waals surface area contributed by atoms with Crippen molar-refractivity contribution in [3.63, 3.8) is 0 Å². The number of anilines is 4. The molecule has 1 aromatic heterocycles. The number of amides is 1. The Morgan fingerprint density at radius 1 is 1.09 bits per heavy atom. The van der Waals surface area contributed by atoms with Gasteiger partial charge in [-0.3, -0.25) is 9.79 Å². The summed E-state index contributed by atoms with van der Waals surface area (Å²) in [7, 11) is 2.03. The molecule has 1 aliphatic heterocycles. The highest BCUT2D eigenvalue weighted by Crippen LogP contribution is 2.24. The summed E-state index contributed by atoms with van der Waals surface area (Å²) in [6, 6.07) is 13.4. The fourth-order valence-electron chi connectivity index (χ4n) is 3.27. The number of rotatable bonds is 6. The summed E-state index contributed by atoms with van der Waals surface area (Å²) < 4.78 is 14.2. The van der Waals surface area contributed by atoms with Crippen molar-refractivity contribution < 1.29 is 14.3 Å². The lowest BCUT2D eigenvalue weighted by atomic mass is 10.3. The highest BCUT2D eigenvalue weighted by atomic mass is 19.1. The molecule has 2 aromatic carbocycles. The van der Waals surface area contributed by atoms with Crippen LogP contribution in [0.25, 0.3) is 0 Å². The van der Waals surface area contributed by atoms with Crippen LogP contribution >= 0.6 is 0 Å². The second kappa shape index (κ2) is 10.0. The van der Waals surface area contributed by atoms with Crippen LogP contribution in [0, 0.1) is 5.82 Å². The Labute approximate surface area is 190 Å². The number of nitrogens with zero attached hydrogens (tertiary/aromatic N) is 5. The summed E-state index contributed by atoms with van der Waals surface area (Å²) >= 11 is 0. The van der Waals surface area contributed by atoms with Crippen LogP contribution in [-0.2, 0) is 4.79 Å². The largest absolute Gasteiger partial charge is 0.508 e. The Balaban J connectivity index is 1.43. The highest BCUT2D eigenvalue weighted by Gasteiger charge is 2.17. The second-order valence-electron chi connectivity index (χ2n) is 7.63. The van der Waals surface area contributed by atoms with Crippen LogP contribution in [0.2, 0.25) is 0 Å². The van der Waals surface area contributed by atoms with Crippen molar-refractivity contribution in [2.45, 2.75) is 0 Å². The topological polar surface area (TPSA) is 106 Å². The van der Waals surface area contributed by atoms with Gasteiger partial charge in [0.25, 0.3) is 5.91 Å². The molecule has 1 fully saturated rings. The third kappa shape index (κ3) is 6.01. The average Bonchev–Trinajstić information content (AvgIpc) is 2.80. The minimum Gasteiger partial charge on any atom is -0.508 e. The number of hydrogen-bond acceptors (Lipinski definition) is 8. The fourth-order valence-corrected chi connectivity index (χ4v) is 3.27. The maximum absolute atomic E-state index is 14.2. The van der Waals surface area contributed by atoms with Gasteiger partial charge in [0.15, 0.2) is 11.6 Å². The van der Waals surface area contributed by atoms with E-state index in [0.29, 0.717) is 30.2 Å². The molecule has 0 saturated carbocycles. The first kappa shape index (κ1) is 22.2. The molecule has 0 unspecified atom stereocenters. The number of phenolic OH excluding ortho intramolecular Hbond substituents is 1. The van der Waals surface area contributed by atoms with Gasteiger partial charge in [0.1, 0.15) is 5.75 Å². The molecule has 3 aromatic rings. The average molecular weight is 449 g/mol. The molecular formula is C23H24FN7O2. The van der Waals surface area contributed by atoms with E-state index in [0.717, 1.165) is 19.3 Å². The van der Waals surface area contributed by atoms with E-state index in [1.54, 1.807) is 41.3 Å². The number of carbonyl (C=O) groups excluding carboxylic acids is 1. The number of carbonyl (C=O) groups is 1. The van der Waals surface area contributed by atoms with Gasteiger partial charge in [-0.05, 0) is 37.4 Å². The molecule has 9 nitrogen and oxygen atoms in total. The van der Waals surface area contributed by atoms with Crippen LogP contribution in [-0.4, -0.2) is 70.2 Å². The first-order chi connectivity index (χ1) is 16.0. The SMILES string of the molecule is CN1CCN(C(=O)C=Nc2cccc(Nc3ncc(F)c(Nc4cccc(O)c4)n3)c2)CC1. The van der Waals surface area contributed by atoms with Crippen molar-refractivity contribution in [1.29, 1.82) is 0 Å². The Hall–Kier alpha value is -4.05. The third-order valence-electron chi connectivity index (χ3n) is 5.09. The molecule has 0 radical (unpaired) electrons. The van der Waals surface area contributed by atoms with E-state index >= 15 is 0 Å². The number of aromatic hydroxyl groups is 1. The maximum atomic E-state index is 14.2. The van der Waals surface area contributed by atoms with Gasteiger partial charge in [0.2, 0.25) is 5.95 Å². The molecule has 33 heavy (non-hydrogen) atoms. The summed E-state index contributed by atoms with van der Waals surface area (Å²) in [6.45, 7) is 3.06. The summed E-state index contributed by atoms with van der Waals surface area (Å²) in [4.78, 5) is 28.8. The van der Waals surface area contributed by atoms with Gasteiger partial charge < -0.3 is 25.5 Å². The molecule has 1 saturated heterocycles. The fraction of sp³-hybridized carbons (Fsp3) is 0.217. The number of phenols is 1. The zero-order valence-electron chi connectivity index (χ0n) is 18.1. The second-order valence-corrected chi connectivity index (χ2v) is 7.63. The third-order valence-corrected chi connectivity index (χ3v) is 5.09. The number of halogens is 1. The number of aliphatic imine (C=N–C) groups is 1. The molecular weight excluding hydrogens is 425 g/mol. The van der Waals surface area contributed by atoms with Crippen LogP contribution in [0.15, 0.2) is 59.7 Å². The minimum atomic E-state index is -0.635. The molecule has 4 rings (SSSR count). The van der Waals surface area contributed by atoms with Crippen molar-refractivity contribution in [3.8, 4) is 5.75 Å². The van der Waals surface area contributed by atoms with Crippen LogP contribution in [0.5, 0.6) is 5.75 Å². The number of likely N-dealkylation sites (N-methyl/N-ethyl adjacent to an activating group) is 1. The molecule has 0 bridgehead atoms. The summed E-state index contributed by atoms with van der Waals surface area (Å²) in [5.41, 5.74) is 1.70. The smallest absolute Gasteiger partial charge is 0.265 e. The molecule has 1 aliphatic rings. The highest BCUT2D eigenvalue weighted by molar-refractivity contribution is 6.26. The van der Waals surface area contributed by atoms with Gasteiger partial charge in [-0.25, -0.2) is 9.37 Å². The van der Waals surface area contributed by atoms with Crippen molar-refractivity contribution in [3.05, 3.63) is 60.5 Å². The number of aromatic nitrogens is 2. The Morgan fingerprint density at radius 3 is 2.58 bits per heavy atom. The van der Waals surface area contributed by atoms with Gasteiger partial charge in [0.05, 0.1) is 18.1 Å². The maximum Gasteiger partial charge on any atom is 0.265 e. The Morgan fingerprint density at radius 2 is 1.82 bits per heavy atom. The van der Waals surface area contributed by atoms with Crippen LogP contribution in [0.3, 0.4) is 0 Å². The number of nitrogens with one attached hydrogen (secondary N) is 2. The van der Waals surface area contributed by atoms with Crippen molar-refractivity contribution >= 4 is 41.0 Å². The monoisotopic (exact) mass is 449 g/mol. The van der Waals surface area contributed by atoms with Crippen molar-refractivity contribution in [2.75, 3.05) is 43.9 Å². The predicted octanol–water partition coefficient (Wildman–Crippen LogP) is 3.28. The van der Waals surface area contributed by atoms with Gasteiger partial charge in [-0.1, -0.05) is 12.1 Å². The van der Waals surface area contributed by atoms with Crippen LogP contribution < -0.4 is 10.6 Å². The van der Waals surface area contributed by atoms with Crippen molar-refractivity contribution in [1.82, 2.24) is 19.8 Å². The van der Waals surface area contributed by atoms with E-state index in [1.807, 2.05) is 7.05 Å². The lowest BCUT2D eigenvalue weighted by Crippen LogP contribution is -2.47. The zero-order valence-corrected chi connectivity index (χ0v) is 18.1. The van der Waals surface area contributed by atoms with Crippen LogP contribution in [0.1, 0.15) is 0 Å². The summed E-state index contributed by atoms with van der Waals surface area (Å²) in [5.74, 6) is -0.564.